The molecule has 428 valence electrons. The molecule has 20 nitrogen and oxygen atoms in total. The first kappa shape index (κ1) is 61.4. The average Bonchev–Trinajstić information content (AvgIpc) is 3.85. The number of rotatable bonds is 16. The van der Waals surface area contributed by atoms with E-state index in [-0.39, 0.29) is 37.2 Å². The molecule has 0 unspecified atom stereocenters. The quantitative estimate of drug-likeness (QED) is 0.110. The molecule has 76 heavy (non-hydrogen) atoms. The first-order chi connectivity index (χ1) is 35.8. The Labute approximate surface area is 447 Å². The number of pyridine rings is 1. The van der Waals surface area contributed by atoms with Crippen LogP contribution in [0.15, 0.2) is 53.6 Å². The molecule has 2 aromatic heterocycles. The number of aromatic amines is 1. The Morgan fingerprint density at radius 2 is 1.62 bits per heavy atom. The first-order valence-corrected chi connectivity index (χ1v) is 26.8. The lowest BCUT2D eigenvalue weighted by atomic mass is 9.83. The van der Waals surface area contributed by atoms with Crippen LogP contribution in [0.3, 0.4) is 0 Å². The monoisotopic (exact) mass is 1070 g/mol. The normalized spacial score (nSPS) is 37.5. The fraction of sp³-hybridized carbons (Fsp3) is 0.745. The van der Waals surface area contributed by atoms with Crippen LogP contribution in [0.2, 0.25) is 0 Å². The van der Waals surface area contributed by atoms with Gasteiger partial charge in [-0.2, -0.15) is 0 Å². The predicted molar refractivity (Wildman–Crippen MR) is 280 cm³/mol. The van der Waals surface area contributed by atoms with Gasteiger partial charge in [0.05, 0.1) is 47.2 Å². The van der Waals surface area contributed by atoms with Gasteiger partial charge in [-0.1, -0.05) is 43.3 Å². The second-order valence-electron chi connectivity index (χ2n) is 22.6. The summed E-state index contributed by atoms with van der Waals surface area (Å²) >= 11 is 0. The lowest BCUT2D eigenvalue weighted by molar-refractivity contribution is -0.308. The van der Waals surface area contributed by atoms with Crippen molar-refractivity contribution in [1.29, 1.82) is 0 Å². The third kappa shape index (κ3) is 14.3. The van der Waals surface area contributed by atoms with Crippen LogP contribution in [-0.2, 0) is 44.4 Å². The number of ether oxygens (including phenoxy) is 7. The van der Waals surface area contributed by atoms with Crippen molar-refractivity contribution in [3.8, 4) is 11.1 Å². The van der Waals surface area contributed by atoms with Crippen LogP contribution in [0.4, 0.5) is 4.39 Å². The van der Waals surface area contributed by atoms with E-state index in [1.165, 1.54) is 31.9 Å². The molecule has 3 aliphatic rings. The number of hydrogen-bond acceptors (Lipinski definition) is 18. The van der Waals surface area contributed by atoms with Crippen molar-refractivity contribution in [2.75, 3.05) is 48.1 Å². The minimum Gasteiger partial charge on any atom is -0.459 e. The van der Waals surface area contributed by atoms with Gasteiger partial charge in [0.25, 0.3) is 0 Å². The predicted octanol–water partition coefficient (Wildman–Crippen LogP) is 4.11. The first-order valence-electron chi connectivity index (χ1n) is 26.8. The maximum Gasteiger partial charge on any atom is 0.311 e. The number of esters is 1. The van der Waals surface area contributed by atoms with Gasteiger partial charge in [0, 0.05) is 77.1 Å². The Morgan fingerprint density at radius 3 is 2.24 bits per heavy atom. The minimum atomic E-state index is -1.85. The number of benzene rings is 1. The molecule has 6 N–H and O–H groups in total. The summed E-state index contributed by atoms with van der Waals surface area (Å²) in [6, 6.07) is 8.74. The zero-order valence-corrected chi connectivity index (χ0v) is 46.7. The molecule has 0 aliphatic carbocycles. The summed E-state index contributed by atoms with van der Waals surface area (Å²) in [5, 5.41) is 68.2. The second-order valence-corrected chi connectivity index (χ2v) is 22.6. The van der Waals surface area contributed by atoms with Crippen molar-refractivity contribution in [3.63, 3.8) is 0 Å². The second kappa shape index (κ2) is 26.0. The molecule has 3 aromatic rings. The van der Waals surface area contributed by atoms with Crippen LogP contribution in [-0.4, -0.2) is 200 Å². The summed E-state index contributed by atoms with van der Waals surface area (Å²) < 4.78 is 60.1. The number of H-pyrrole nitrogens is 1. The van der Waals surface area contributed by atoms with Crippen LogP contribution in [0.5, 0.6) is 0 Å². The van der Waals surface area contributed by atoms with E-state index in [2.05, 4.69) is 15.3 Å². The van der Waals surface area contributed by atoms with Gasteiger partial charge in [0.1, 0.15) is 48.8 Å². The van der Waals surface area contributed by atoms with E-state index in [0.29, 0.717) is 31.6 Å². The van der Waals surface area contributed by atoms with Gasteiger partial charge in [0.15, 0.2) is 12.6 Å². The van der Waals surface area contributed by atoms with Crippen molar-refractivity contribution in [2.45, 2.75) is 203 Å². The van der Waals surface area contributed by atoms with E-state index < -0.39 is 121 Å². The summed E-state index contributed by atoms with van der Waals surface area (Å²) in [6.07, 6.45) is -6.50. The van der Waals surface area contributed by atoms with Gasteiger partial charge in [-0.15, -0.1) is 5.10 Å². The summed E-state index contributed by atoms with van der Waals surface area (Å²) in [5.74, 6) is -2.02. The number of carbonyl (C=O) groups is 1. The molecule has 5 heterocycles. The van der Waals surface area contributed by atoms with E-state index in [1.807, 2.05) is 62.0 Å². The molecule has 19 atom stereocenters. The highest BCUT2D eigenvalue weighted by Crippen LogP contribution is 2.39. The lowest BCUT2D eigenvalue weighted by Gasteiger charge is -2.47. The number of aromatic nitrogens is 4. The number of methoxy groups -OCH3 is 2. The maximum atomic E-state index is 14.9. The molecular weight excluding hydrogens is 988 g/mol. The van der Waals surface area contributed by atoms with Crippen molar-refractivity contribution >= 4 is 5.97 Å². The highest BCUT2D eigenvalue weighted by molar-refractivity contribution is 5.73. The van der Waals surface area contributed by atoms with E-state index in [1.54, 1.807) is 60.0 Å². The number of aliphatic hydroxyl groups is 5. The molecule has 0 amide bonds. The van der Waals surface area contributed by atoms with Crippen molar-refractivity contribution in [2.24, 2.45) is 11.8 Å². The molecule has 1 aromatic carbocycles. The van der Waals surface area contributed by atoms with Crippen LogP contribution in [0, 0.1) is 11.8 Å². The SMILES string of the molecule is CC[C@H]1OC(=O)[C@H](C)[C@@H](O[C@H]2C[C@@](C)(OC)[C@@H](O)[C@H](C)O2)C[C@@H](O[C@@H]2O[C@H](C)C[C@H](N(C)CCc3cn([C@H](CF)[C@H](OC)c4ccc(-c5ccc(=O)[nH]c5)cc4)nn3)[C@H]2O)[C@](C)(O)C[C@@H](C)CN(C)[C@H](C)[C@@H](O)[C@]1(C)O. The largest absolute Gasteiger partial charge is 0.459 e. The molecule has 3 fully saturated rings. The molecule has 0 spiro atoms. The Hall–Kier alpha value is -3.81. The number of hydrogen-bond donors (Lipinski definition) is 6. The van der Waals surface area contributed by atoms with E-state index in [9.17, 15) is 39.5 Å². The van der Waals surface area contributed by atoms with Gasteiger partial charge < -0.3 is 73.5 Å². The van der Waals surface area contributed by atoms with Gasteiger partial charge >= 0.3 is 5.97 Å². The van der Waals surface area contributed by atoms with Crippen molar-refractivity contribution in [1.82, 2.24) is 29.8 Å². The average molecular weight is 1080 g/mol. The molecule has 0 saturated carbocycles. The number of alkyl halides is 1. The number of carbonyl (C=O) groups excluding carboxylic acids is 1. The molecule has 0 radical (unpaired) electrons. The molecule has 3 aliphatic heterocycles. The maximum absolute atomic E-state index is 14.9. The van der Waals surface area contributed by atoms with E-state index in [4.69, 9.17) is 33.2 Å². The summed E-state index contributed by atoms with van der Waals surface area (Å²) in [7, 11) is 6.70. The molecule has 3 saturated heterocycles. The van der Waals surface area contributed by atoms with Crippen LogP contribution < -0.4 is 5.56 Å². The zero-order chi connectivity index (χ0) is 56.0. The summed E-state index contributed by atoms with van der Waals surface area (Å²) in [6.45, 7) is 15.6. The number of nitrogens with zero attached hydrogens (tertiary/aromatic N) is 5. The molecule has 21 heteroatoms. The topological polar surface area (TPSA) is 253 Å². The Kier molecular flexibility index (Phi) is 21.0. The van der Waals surface area contributed by atoms with Gasteiger partial charge in [0.2, 0.25) is 5.56 Å². The third-order valence-electron chi connectivity index (χ3n) is 16.5. The molecular formula is C55H87FN6O14. The highest BCUT2D eigenvalue weighted by atomic mass is 19.1. The Balaban J connectivity index is 1.23. The van der Waals surface area contributed by atoms with E-state index in [0.717, 1.165) is 16.7 Å². The smallest absolute Gasteiger partial charge is 0.311 e. The fourth-order valence-corrected chi connectivity index (χ4v) is 11.4. The van der Waals surface area contributed by atoms with Gasteiger partial charge in [-0.3, -0.25) is 9.59 Å². The number of nitrogens with one attached hydrogen (secondary N) is 1. The molecule has 6 rings (SSSR count). The lowest BCUT2D eigenvalue weighted by Crippen LogP contribution is -2.59. The Morgan fingerprint density at radius 1 is 0.934 bits per heavy atom. The van der Waals surface area contributed by atoms with Crippen LogP contribution in [0.25, 0.3) is 11.1 Å². The van der Waals surface area contributed by atoms with Gasteiger partial charge in [-0.25, -0.2) is 9.07 Å². The number of cyclic esters (lactones) is 1. The van der Waals surface area contributed by atoms with Crippen LogP contribution in [0.1, 0.15) is 118 Å². The standard InChI is InChI=1S/C55H87FN6O14/c1-14-43-55(9,69)49(65)34(5)61(11)29-31(2)25-53(7,68)44(24-42(33(4)51(67)75-43)74-46-26-54(8,71-13)50(66)35(6)73-46)76-52-47(64)40(23-32(3)72-52)60(10)22-21-39-30-62(59-58-39)41(27-56)48(70-12)37-17-15-36(16-18-37)38-19-20-45(63)57-28-38/h15-20,28,30-35,40-44,46-50,52,64-66,68-69H,14,21-27,29H2,1-13H3,(H,57,63)/t31-,32-,33-,34-,35+,40+,41-,42+,43-,44-,46+,47-,48-,49-,50+,52+,53-,54-,55-/m1/s1. The number of likely N-dealkylation sites (N-methyl/N-ethyl adjacent to an activating group) is 2. The minimum absolute atomic E-state index is 0.0847. The summed E-state index contributed by atoms with van der Waals surface area (Å²) in [4.78, 5) is 32.5. The zero-order valence-electron chi connectivity index (χ0n) is 46.7. The van der Waals surface area contributed by atoms with Gasteiger partial charge in [-0.05, 0) is 110 Å². The van der Waals surface area contributed by atoms with Crippen LogP contribution >= 0.6 is 0 Å². The fourth-order valence-electron chi connectivity index (χ4n) is 11.4. The Bertz CT molecular complexity index is 2340. The highest BCUT2D eigenvalue weighted by Gasteiger charge is 2.51. The number of aliphatic hydroxyl groups excluding tert-OH is 3. The number of halogens is 1. The molecule has 0 bridgehead atoms. The van der Waals surface area contributed by atoms with E-state index >= 15 is 0 Å². The third-order valence-corrected chi connectivity index (χ3v) is 16.5. The van der Waals surface area contributed by atoms with Crippen molar-refractivity contribution < 1.29 is 67.9 Å². The van der Waals surface area contributed by atoms with Crippen molar-refractivity contribution in [3.05, 3.63) is 70.4 Å². The summed E-state index contributed by atoms with van der Waals surface area (Å²) in [5.41, 5.74) is -1.75.